The number of methoxy groups -OCH3 is 1. The van der Waals surface area contributed by atoms with Gasteiger partial charge in [0.1, 0.15) is 16.6 Å². The van der Waals surface area contributed by atoms with E-state index in [9.17, 15) is 13.2 Å². The molecule has 5 rings (SSSR count). The van der Waals surface area contributed by atoms with Crippen molar-refractivity contribution < 1.29 is 22.7 Å². The van der Waals surface area contributed by atoms with Crippen molar-refractivity contribution in [3.63, 3.8) is 0 Å². The first-order valence-electron chi connectivity index (χ1n) is 10.3. The molecular formula is C22H25N3O5S. The Bertz CT molecular complexity index is 1090. The molecular weight excluding hydrogens is 418 g/mol. The normalized spacial score (nSPS) is 28.9. The number of nitrogens with one attached hydrogen (secondary N) is 1. The summed E-state index contributed by atoms with van der Waals surface area (Å²) in [6.07, 6.45) is 0.139. The van der Waals surface area contributed by atoms with Crippen molar-refractivity contribution in [2.24, 2.45) is 0 Å². The molecule has 2 bridgehead atoms. The second-order valence-electron chi connectivity index (χ2n) is 8.37. The molecule has 2 aromatic carbocycles. The van der Waals surface area contributed by atoms with E-state index in [4.69, 9.17) is 9.47 Å². The van der Waals surface area contributed by atoms with Crippen LogP contribution < -0.4 is 10.1 Å². The number of fused-ring (bicyclic) bond motifs is 1. The maximum absolute atomic E-state index is 13.3. The number of amides is 2. The minimum absolute atomic E-state index is 0.245. The van der Waals surface area contributed by atoms with Gasteiger partial charge in [-0.25, -0.2) is 13.2 Å². The third-order valence-electron chi connectivity index (χ3n) is 6.32. The van der Waals surface area contributed by atoms with Gasteiger partial charge in [0.25, 0.3) is 0 Å². The lowest BCUT2D eigenvalue weighted by molar-refractivity contribution is -0.0946. The van der Waals surface area contributed by atoms with Crippen LogP contribution in [0, 0.1) is 0 Å². The third kappa shape index (κ3) is 3.56. The van der Waals surface area contributed by atoms with Gasteiger partial charge in [-0.15, -0.1) is 0 Å². The molecule has 0 saturated carbocycles. The molecule has 164 valence electrons. The van der Waals surface area contributed by atoms with Gasteiger partial charge in [0.05, 0.1) is 19.8 Å². The van der Waals surface area contributed by atoms with Gasteiger partial charge in [-0.2, -0.15) is 4.31 Å². The van der Waals surface area contributed by atoms with Crippen LogP contribution in [-0.4, -0.2) is 67.4 Å². The number of sulfonamides is 1. The lowest BCUT2D eigenvalue weighted by atomic mass is 9.99. The van der Waals surface area contributed by atoms with Crippen LogP contribution in [-0.2, 0) is 21.3 Å². The predicted molar refractivity (Wildman–Crippen MR) is 115 cm³/mol. The van der Waals surface area contributed by atoms with Gasteiger partial charge < -0.3 is 19.7 Å². The Labute approximate surface area is 181 Å². The Balaban J connectivity index is 1.34. The third-order valence-corrected chi connectivity index (χ3v) is 8.64. The van der Waals surface area contributed by atoms with Crippen molar-refractivity contribution >= 4 is 21.7 Å². The topological polar surface area (TPSA) is 88.2 Å². The van der Waals surface area contributed by atoms with Gasteiger partial charge in [-0.1, -0.05) is 36.4 Å². The number of urea groups is 1. The molecule has 3 aliphatic rings. The van der Waals surface area contributed by atoms with Crippen LogP contribution in [0.5, 0.6) is 5.75 Å². The zero-order chi connectivity index (χ0) is 21.6. The monoisotopic (exact) mass is 443 g/mol. The number of carbonyl (C=O) groups excluding carboxylic acids is 1. The van der Waals surface area contributed by atoms with Gasteiger partial charge in [-0.05, 0) is 24.1 Å². The Morgan fingerprint density at radius 2 is 2.00 bits per heavy atom. The minimum atomic E-state index is -3.51. The number of carbonyl (C=O) groups is 1. The van der Waals surface area contributed by atoms with E-state index in [0.29, 0.717) is 30.9 Å². The number of hydrogen-bond donors (Lipinski definition) is 1. The van der Waals surface area contributed by atoms with Crippen LogP contribution in [0.4, 0.5) is 10.5 Å². The van der Waals surface area contributed by atoms with Crippen LogP contribution in [0.3, 0.4) is 0 Å². The maximum Gasteiger partial charge on any atom is 0.322 e. The van der Waals surface area contributed by atoms with Crippen molar-refractivity contribution in [1.82, 2.24) is 9.21 Å². The van der Waals surface area contributed by atoms with Gasteiger partial charge in [0, 0.05) is 31.4 Å². The average molecular weight is 444 g/mol. The first kappa shape index (κ1) is 20.3. The second kappa shape index (κ2) is 7.51. The smallest absolute Gasteiger partial charge is 0.322 e. The van der Waals surface area contributed by atoms with E-state index < -0.39 is 20.9 Å². The zero-order valence-corrected chi connectivity index (χ0v) is 18.0. The van der Waals surface area contributed by atoms with E-state index in [-0.39, 0.29) is 25.2 Å². The number of likely N-dealkylation sites (tertiary alicyclic amines) is 1. The summed E-state index contributed by atoms with van der Waals surface area (Å²) in [6.45, 7) is 1.19. The fraction of sp³-hybridized carbons (Fsp3) is 0.409. The van der Waals surface area contributed by atoms with Crippen LogP contribution in [0.2, 0.25) is 0 Å². The highest BCUT2D eigenvalue weighted by Crippen LogP contribution is 2.47. The van der Waals surface area contributed by atoms with Crippen LogP contribution in [0.15, 0.2) is 54.6 Å². The van der Waals surface area contributed by atoms with Gasteiger partial charge in [-0.3, -0.25) is 0 Å². The molecule has 3 aliphatic heterocycles. The van der Waals surface area contributed by atoms with Crippen LogP contribution >= 0.6 is 0 Å². The predicted octanol–water partition coefficient (Wildman–Crippen LogP) is 2.28. The van der Waals surface area contributed by atoms with Crippen LogP contribution in [0.1, 0.15) is 12.0 Å². The van der Waals surface area contributed by atoms with E-state index in [2.05, 4.69) is 5.32 Å². The number of rotatable bonds is 4. The van der Waals surface area contributed by atoms with Crippen molar-refractivity contribution in [3.05, 3.63) is 60.2 Å². The molecule has 2 amide bonds. The average Bonchev–Trinajstić information content (AvgIpc) is 3.13. The molecule has 0 aliphatic carbocycles. The zero-order valence-electron chi connectivity index (χ0n) is 17.2. The lowest BCUT2D eigenvalue weighted by Gasteiger charge is -2.39. The number of nitrogens with zero attached hydrogens (tertiary/aromatic N) is 2. The van der Waals surface area contributed by atoms with E-state index >= 15 is 0 Å². The number of benzene rings is 2. The van der Waals surface area contributed by atoms with Crippen molar-refractivity contribution in [2.75, 3.05) is 32.1 Å². The Morgan fingerprint density at radius 1 is 1.19 bits per heavy atom. The Hall–Kier alpha value is -2.62. The molecule has 8 nitrogen and oxygen atoms in total. The van der Waals surface area contributed by atoms with Gasteiger partial charge >= 0.3 is 6.03 Å². The summed E-state index contributed by atoms with van der Waals surface area (Å²) in [7, 11) is -1.94. The maximum atomic E-state index is 13.3. The molecule has 0 aromatic heterocycles. The fourth-order valence-corrected chi connectivity index (χ4v) is 7.23. The number of morpholine rings is 1. The molecule has 1 N–H and O–H groups in total. The summed E-state index contributed by atoms with van der Waals surface area (Å²) in [4.78, 5) is 14.6. The van der Waals surface area contributed by atoms with Gasteiger partial charge in [0.2, 0.25) is 10.0 Å². The van der Waals surface area contributed by atoms with E-state index in [1.54, 1.807) is 36.3 Å². The second-order valence-corrected chi connectivity index (χ2v) is 10.5. The van der Waals surface area contributed by atoms with E-state index in [0.717, 1.165) is 5.56 Å². The summed E-state index contributed by atoms with van der Waals surface area (Å²) < 4.78 is 39.5. The van der Waals surface area contributed by atoms with E-state index in [1.807, 2.05) is 30.3 Å². The van der Waals surface area contributed by atoms with E-state index in [1.165, 1.54) is 4.31 Å². The lowest BCUT2D eigenvalue weighted by Crippen LogP contribution is -2.57. The molecule has 2 aromatic rings. The van der Waals surface area contributed by atoms with Crippen LogP contribution in [0.25, 0.3) is 0 Å². The number of hydrogen-bond acceptors (Lipinski definition) is 5. The molecule has 0 unspecified atom stereocenters. The minimum Gasteiger partial charge on any atom is -0.497 e. The highest BCUT2D eigenvalue weighted by molar-refractivity contribution is 7.90. The van der Waals surface area contributed by atoms with Crippen molar-refractivity contribution in [1.29, 1.82) is 0 Å². The summed E-state index contributed by atoms with van der Waals surface area (Å²) in [5, 5.41) is 2.27. The Morgan fingerprint density at radius 3 is 2.77 bits per heavy atom. The summed E-state index contributed by atoms with van der Waals surface area (Å²) >= 11 is 0. The summed E-state index contributed by atoms with van der Waals surface area (Å²) in [5.74, 6) is 0.650. The summed E-state index contributed by atoms with van der Waals surface area (Å²) in [5.41, 5.74) is 0.673. The number of ether oxygens (including phenoxy) is 2. The molecule has 3 heterocycles. The highest BCUT2D eigenvalue weighted by Gasteiger charge is 2.65. The van der Waals surface area contributed by atoms with Crippen molar-refractivity contribution in [2.45, 2.75) is 29.9 Å². The quantitative estimate of drug-likeness (QED) is 0.783. The highest BCUT2D eigenvalue weighted by atomic mass is 32.2. The molecule has 3 atom stereocenters. The SMILES string of the molecule is COc1cccc(NC(=O)N2C[C@@H]3C[C@@H]4[C@@](C2)(CN(Cc2ccccc2)S4(=O)=O)O3)c1. The van der Waals surface area contributed by atoms with Gasteiger partial charge in [0.15, 0.2) is 0 Å². The molecule has 1 spiro atoms. The molecule has 3 saturated heterocycles. The first-order chi connectivity index (χ1) is 14.9. The molecule has 9 heteroatoms. The molecule has 31 heavy (non-hydrogen) atoms. The largest absolute Gasteiger partial charge is 0.497 e. The first-order valence-corrected chi connectivity index (χ1v) is 11.8. The number of anilines is 1. The standard InChI is InChI=1S/C22H25N3O5S/c1-29-18-9-5-8-17(10-18)23-21(26)24-13-19-11-20-22(14-24,30-19)15-25(31(20,27)28)12-16-6-3-2-4-7-16/h2-10,19-20H,11-15H2,1H3,(H,23,26)/t19-,20+,22+/m0/s1. The van der Waals surface area contributed by atoms with Crippen molar-refractivity contribution in [3.8, 4) is 5.75 Å². The Kier molecular flexibility index (Phi) is 4.91. The summed E-state index contributed by atoms with van der Waals surface area (Å²) in [6, 6.07) is 16.4. The molecule has 0 radical (unpaired) electrons. The fourth-order valence-electron chi connectivity index (χ4n) is 4.94. The molecule has 3 fully saturated rings.